The average Bonchev–Trinajstić information content (AvgIpc) is 2.60. The van der Waals surface area contributed by atoms with Crippen LogP contribution in [0.2, 0.25) is 0 Å². The first-order valence-electron chi connectivity index (χ1n) is 7.98. The molecule has 0 aromatic heterocycles. The zero-order valence-electron chi connectivity index (χ0n) is 13.9. The molecule has 1 aliphatic heterocycles. The molecule has 0 saturated carbocycles. The van der Waals surface area contributed by atoms with E-state index in [1.54, 1.807) is 0 Å². The number of non-ortho nitro benzene ring substituents is 1. The quantitative estimate of drug-likeness (QED) is 0.566. The van der Waals surface area contributed by atoms with Gasteiger partial charge in [-0.3, -0.25) is 19.7 Å². The molecule has 136 valence electrons. The summed E-state index contributed by atoms with van der Waals surface area (Å²) in [4.78, 5) is 35.4. The Morgan fingerprint density at radius 3 is 2.88 bits per heavy atom. The molecule has 1 atom stereocenters. The van der Waals surface area contributed by atoms with Gasteiger partial charge in [0.05, 0.1) is 29.7 Å². The third-order valence-corrected chi connectivity index (χ3v) is 4.18. The molecule has 1 heterocycles. The van der Waals surface area contributed by atoms with Crippen LogP contribution >= 0.6 is 0 Å². The van der Waals surface area contributed by atoms with Crippen molar-refractivity contribution in [2.24, 2.45) is 5.92 Å². The molecule has 1 aromatic rings. The van der Waals surface area contributed by atoms with Gasteiger partial charge in [-0.05, 0) is 25.5 Å². The number of ether oxygens (including phenoxy) is 1. The van der Waals surface area contributed by atoms with Crippen LogP contribution < -0.4 is 10.1 Å². The van der Waals surface area contributed by atoms with Crippen molar-refractivity contribution < 1.29 is 24.4 Å². The molecular weight excluding hydrogens is 330 g/mol. The topological polar surface area (TPSA) is 122 Å². The number of nitrogens with zero attached hydrogens (tertiary/aromatic N) is 2. The lowest BCUT2D eigenvalue weighted by atomic mass is 9.98. The second-order valence-corrected chi connectivity index (χ2v) is 5.92. The highest BCUT2D eigenvalue weighted by Gasteiger charge is 2.25. The van der Waals surface area contributed by atoms with Gasteiger partial charge in [-0.15, -0.1) is 0 Å². The smallest absolute Gasteiger partial charge is 0.307 e. The van der Waals surface area contributed by atoms with Crippen molar-refractivity contribution in [3.8, 4) is 5.75 Å². The van der Waals surface area contributed by atoms with Crippen LogP contribution in [0.1, 0.15) is 19.3 Å². The van der Waals surface area contributed by atoms with Gasteiger partial charge in [0.15, 0.2) is 0 Å². The van der Waals surface area contributed by atoms with E-state index >= 15 is 0 Å². The summed E-state index contributed by atoms with van der Waals surface area (Å²) in [5, 5.41) is 22.5. The number of carboxylic acid groups (broad SMARTS) is 1. The van der Waals surface area contributed by atoms with Gasteiger partial charge in [0.2, 0.25) is 5.91 Å². The van der Waals surface area contributed by atoms with Crippen LogP contribution in [0, 0.1) is 16.0 Å². The zero-order chi connectivity index (χ0) is 18.4. The molecule has 1 amide bonds. The molecule has 2 rings (SSSR count). The van der Waals surface area contributed by atoms with Crippen molar-refractivity contribution in [2.45, 2.75) is 19.3 Å². The highest BCUT2D eigenvalue weighted by Crippen LogP contribution is 2.29. The molecule has 1 unspecified atom stereocenters. The van der Waals surface area contributed by atoms with Gasteiger partial charge in [-0.1, -0.05) is 0 Å². The van der Waals surface area contributed by atoms with E-state index in [0.717, 1.165) is 13.0 Å². The highest BCUT2D eigenvalue weighted by molar-refractivity contribution is 5.92. The minimum Gasteiger partial charge on any atom is -0.494 e. The first-order chi connectivity index (χ1) is 11.9. The van der Waals surface area contributed by atoms with E-state index in [9.17, 15) is 19.7 Å². The van der Waals surface area contributed by atoms with E-state index in [1.165, 1.54) is 25.3 Å². The Morgan fingerprint density at radius 2 is 2.24 bits per heavy atom. The van der Waals surface area contributed by atoms with Gasteiger partial charge in [-0.25, -0.2) is 0 Å². The number of nitro benzene ring substituents is 1. The molecule has 1 saturated heterocycles. The number of piperidine rings is 1. The van der Waals surface area contributed by atoms with E-state index in [4.69, 9.17) is 9.84 Å². The molecule has 9 nitrogen and oxygen atoms in total. The normalized spacial score (nSPS) is 17.7. The Kier molecular flexibility index (Phi) is 6.29. The van der Waals surface area contributed by atoms with Crippen molar-refractivity contribution in [3.05, 3.63) is 28.3 Å². The maximum atomic E-state index is 12.1. The number of amides is 1. The van der Waals surface area contributed by atoms with Crippen LogP contribution in [-0.4, -0.2) is 53.6 Å². The van der Waals surface area contributed by atoms with Crippen molar-refractivity contribution >= 4 is 23.3 Å². The van der Waals surface area contributed by atoms with E-state index < -0.39 is 10.9 Å². The molecule has 0 spiro atoms. The second kappa shape index (κ2) is 8.43. The number of hydrogen-bond donors (Lipinski definition) is 2. The zero-order valence-corrected chi connectivity index (χ0v) is 13.9. The summed E-state index contributed by atoms with van der Waals surface area (Å²) in [5.74, 6) is -1.23. The van der Waals surface area contributed by atoms with Crippen LogP contribution in [0.3, 0.4) is 0 Å². The Labute approximate surface area is 144 Å². The molecule has 9 heteroatoms. The molecule has 0 bridgehead atoms. The van der Waals surface area contributed by atoms with Crippen molar-refractivity contribution in [3.63, 3.8) is 0 Å². The van der Waals surface area contributed by atoms with Crippen LogP contribution in [0.15, 0.2) is 18.2 Å². The van der Waals surface area contributed by atoms with Crippen molar-refractivity contribution in [1.29, 1.82) is 0 Å². The van der Waals surface area contributed by atoms with Gasteiger partial charge in [-0.2, -0.15) is 0 Å². The number of carbonyl (C=O) groups is 2. The number of benzene rings is 1. The van der Waals surface area contributed by atoms with Gasteiger partial charge in [0, 0.05) is 25.6 Å². The molecule has 1 aliphatic rings. The summed E-state index contributed by atoms with van der Waals surface area (Å²) in [7, 11) is 1.37. The molecule has 2 N–H and O–H groups in total. The third-order valence-electron chi connectivity index (χ3n) is 4.18. The minimum absolute atomic E-state index is 0.122. The number of anilines is 1. The minimum atomic E-state index is -0.801. The Balaban J connectivity index is 1.90. The van der Waals surface area contributed by atoms with E-state index in [-0.39, 0.29) is 29.7 Å². The number of aliphatic carboxylic acids is 1. The lowest BCUT2D eigenvalue weighted by molar-refractivity contribution is -0.384. The predicted octanol–water partition coefficient (Wildman–Crippen LogP) is 1.73. The van der Waals surface area contributed by atoms with E-state index in [0.29, 0.717) is 25.2 Å². The van der Waals surface area contributed by atoms with Crippen LogP contribution in [-0.2, 0) is 9.59 Å². The lowest BCUT2D eigenvalue weighted by Gasteiger charge is -2.30. The van der Waals surface area contributed by atoms with Gasteiger partial charge in [0.1, 0.15) is 5.75 Å². The summed E-state index contributed by atoms with van der Waals surface area (Å²) in [6.45, 7) is 1.69. The number of nitro groups is 1. The van der Waals surface area contributed by atoms with Crippen molar-refractivity contribution in [1.82, 2.24) is 4.90 Å². The Hall–Kier alpha value is -2.68. The van der Waals surface area contributed by atoms with Crippen molar-refractivity contribution in [2.75, 3.05) is 32.1 Å². The SMILES string of the molecule is COc1cc([N+](=O)[O-])ccc1NC(=O)CCN1CCCC(C(=O)O)C1. The Morgan fingerprint density at radius 1 is 1.48 bits per heavy atom. The van der Waals surface area contributed by atoms with Crippen LogP contribution in [0.5, 0.6) is 5.75 Å². The number of methoxy groups -OCH3 is 1. The third kappa shape index (κ3) is 5.15. The van der Waals surface area contributed by atoms with E-state index in [1.807, 2.05) is 4.90 Å². The Bertz CT molecular complexity index is 663. The molecule has 1 fully saturated rings. The molecule has 1 aromatic carbocycles. The summed E-state index contributed by atoms with van der Waals surface area (Å²) in [5.41, 5.74) is 0.239. The molecule has 0 aliphatic carbocycles. The largest absolute Gasteiger partial charge is 0.494 e. The first kappa shape index (κ1) is 18.7. The van der Waals surface area contributed by atoms with Gasteiger partial charge < -0.3 is 20.1 Å². The van der Waals surface area contributed by atoms with Crippen LogP contribution in [0.25, 0.3) is 0 Å². The summed E-state index contributed by atoms with van der Waals surface area (Å²) < 4.78 is 5.08. The number of carboxylic acids is 1. The highest BCUT2D eigenvalue weighted by atomic mass is 16.6. The monoisotopic (exact) mass is 351 g/mol. The summed E-state index contributed by atoms with van der Waals surface area (Å²) >= 11 is 0. The van der Waals surface area contributed by atoms with Gasteiger partial charge >= 0.3 is 5.97 Å². The molecule has 0 radical (unpaired) electrons. The number of rotatable bonds is 7. The number of carbonyl (C=O) groups excluding carboxylic acids is 1. The summed E-state index contributed by atoms with van der Waals surface area (Å²) in [6.07, 6.45) is 1.67. The molecule has 25 heavy (non-hydrogen) atoms. The predicted molar refractivity (Wildman–Crippen MR) is 89.7 cm³/mol. The lowest BCUT2D eigenvalue weighted by Crippen LogP contribution is -2.40. The fourth-order valence-electron chi connectivity index (χ4n) is 2.83. The molecular formula is C16H21N3O6. The first-order valence-corrected chi connectivity index (χ1v) is 7.98. The number of hydrogen-bond acceptors (Lipinski definition) is 6. The van der Waals surface area contributed by atoms with Gasteiger partial charge in [0.25, 0.3) is 5.69 Å². The number of likely N-dealkylation sites (tertiary alicyclic amines) is 1. The maximum absolute atomic E-state index is 12.1. The maximum Gasteiger partial charge on any atom is 0.307 e. The number of nitrogens with one attached hydrogen (secondary N) is 1. The summed E-state index contributed by atoms with van der Waals surface area (Å²) in [6, 6.07) is 3.97. The fourth-order valence-corrected chi connectivity index (χ4v) is 2.83. The fraction of sp³-hybridized carbons (Fsp3) is 0.500. The average molecular weight is 351 g/mol. The second-order valence-electron chi connectivity index (χ2n) is 5.92. The van der Waals surface area contributed by atoms with E-state index in [2.05, 4.69) is 5.32 Å². The van der Waals surface area contributed by atoms with Crippen LogP contribution in [0.4, 0.5) is 11.4 Å². The standard InChI is InChI=1S/C16H21N3O6/c1-25-14-9-12(19(23)24)4-5-13(14)17-15(20)6-8-18-7-2-3-11(10-18)16(21)22/h4-5,9,11H,2-3,6-8,10H2,1H3,(H,17,20)(H,21,22).